The molecule has 1 saturated heterocycles. The largest absolute Gasteiger partial charge is 0.469 e. The number of alkyl halides is 3. The maximum absolute atomic E-state index is 13.9. The first kappa shape index (κ1) is 26.9. The monoisotopic (exact) mass is 535 g/mol. The number of carbonyl (C=O) groups excluding carboxylic acids is 2. The summed E-state index contributed by atoms with van der Waals surface area (Å²) in [6.45, 7) is 1.53. The number of likely N-dealkylation sites (tertiary alicyclic amines) is 1. The summed E-state index contributed by atoms with van der Waals surface area (Å²) in [7, 11) is 0. The summed E-state index contributed by atoms with van der Waals surface area (Å²) >= 11 is 0. The molecule has 0 atom stereocenters. The lowest BCUT2D eigenvalue weighted by molar-refractivity contribution is -0.141. The molecular formula is C25H22F5N5O3. The summed E-state index contributed by atoms with van der Waals surface area (Å²) < 4.78 is 71.6. The Labute approximate surface area is 213 Å². The average molecular weight is 535 g/mol. The van der Waals surface area contributed by atoms with Gasteiger partial charge in [-0.05, 0) is 38.0 Å². The summed E-state index contributed by atoms with van der Waals surface area (Å²) in [5.74, 6) is -2.52. The quantitative estimate of drug-likeness (QED) is 0.347. The number of rotatable bonds is 6. The number of piperidine rings is 1. The lowest BCUT2D eigenvalue weighted by Gasteiger charge is -2.32. The van der Waals surface area contributed by atoms with E-state index in [1.165, 1.54) is 23.2 Å². The Kier molecular flexibility index (Phi) is 7.83. The van der Waals surface area contributed by atoms with Crippen molar-refractivity contribution in [1.82, 2.24) is 19.9 Å². The van der Waals surface area contributed by atoms with Crippen LogP contribution in [-0.4, -0.2) is 51.4 Å². The van der Waals surface area contributed by atoms with Gasteiger partial charge in [-0.15, -0.1) is 0 Å². The summed E-state index contributed by atoms with van der Waals surface area (Å²) in [5.41, 5.74) is -1.09. The van der Waals surface area contributed by atoms with Gasteiger partial charge in [-0.1, -0.05) is 12.1 Å². The van der Waals surface area contributed by atoms with Gasteiger partial charge in [0.2, 0.25) is 11.7 Å². The zero-order chi connectivity index (χ0) is 27.4. The Morgan fingerprint density at radius 1 is 1.05 bits per heavy atom. The van der Waals surface area contributed by atoms with E-state index in [9.17, 15) is 31.5 Å². The summed E-state index contributed by atoms with van der Waals surface area (Å²) in [5, 5.41) is 2.25. The van der Waals surface area contributed by atoms with Crippen molar-refractivity contribution in [3.8, 4) is 5.88 Å². The van der Waals surface area contributed by atoms with Crippen molar-refractivity contribution in [3.05, 3.63) is 77.0 Å². The number of anilines is 1. The second-order valence-electron chi connectivity index (χ2n) is 8.57. The molecule has 0 aliphatic carbocycles. The van der Waals surface area contributed by atoms with Gasteiger partial charge in [-0.25, -0.2) is 28.5 Å². The predicted octanol–water partition coefficient (Wildman–Crippen LogP) is 5.15. The Morgan fingerprint density at radius 2 is 1.71 bits per heavy atom. The normalized spacial score (nSPS) is 14.3. The number of aromatic nitrogens is 3. The number of hydrogen-bond acceptors (Lipinski definition) is 6. The van der Waals surface area contributed by atoms with Crippen LogP contribution < -0.4 is 10.1 Å². The van der Waals surface area contributed by atoms with Crippen LogP contribution in [0.5, 0.6) is 5.88 Å². The number of ketones is 1. The summed E-state index contributed by atoms with van der Waals surface area (Å²) in [6, 6.07) is 5.73. The standard InChI is InChI=1S/C25H22F5N5O3/c1-14-31-12-16(19(36)13-38-21-7-3-6-20(33-21)25(28,29)30)22(32-14)15-8-10-35(11-9-15)24(37)34-23-17(26)4-2-5-18(23)27/h2-7,12,15H,8-11,13H2,1H3,(H,34,37). The highest BCUT2D eigenvalue weighted by Crippen LogP contribution is 2.31. The lowest BCUT2D eigenvalue weighted by Crippen LogP contribution is -2.41. The van der Waals surface area contributed by atoms with Gasteiger partial charge in [0, 0.05) is 31.3 Å². The maximum atomic E-state index is 13.9. The molecule has 1 N–H and O–H groups in total. The number of carbonyl (C=O) groups is 2. The van der Waals surface area contributed by atoms with Crippen LogP contribution in [-0.2, 0) is 6.18 Å². The van der Waals surface area contributed by atoms with Crippen LogP contribution in [0.15, 0.2) is 42.6 Å². The van der Waals surface area contributed by atoms with Gasteiger partial charge in [0.05, 0.1) is 11.3 Å². The van der Waals surface area contributed by atoms with Crippen molar-refractivity contribution >= 4 is 17.5 Å². The third kappa shape index (κ3) is 6.21. The van der Waals surface area contributed by atoms with E-state index in [4.69, 9.17) is 4.74 Å². The minimum absolute atomic E-state index is 0.152. The molecule has 4 rings (SSSR count). The molecule has 3 aromatic rings. The Morgan fingerprint density at radius 3 is 2.37 bits per heavy atom. The van der Waals surface area contributed by atoms with Gasteiger partial charge < -0.3 is 15.0 Å². The average Bonchev–Trinajstić information content (AvgIpc) is 2.89. The highest BCUT2D eigenvalue weighted by molar-refractivity contribution is 5.98. The smallest absolute Gasteiger partial charge is 0.433 e. The number of pyridine rings is 1. The van der Waals surface area contributed by atoms with E-state index >= 15 is 0 Å². The van der Waals surface area contributed by atoms with Crippen LogP contribution in [0.25, 0.3) is 0 Å². The van der Waals surface area contributed by atoms with Crippen molar-refractivity contribution < 1.29 is 36.3 Å². The Hall–Kier alpha value is -4.16. The van der Waals surface area contributed by atoms with E-state index in [1.54, 1.807) is 6.92 Å². The number of Topliss-reactive ketones (excluding diaryl/α,β-unsaturated/α-hetero) is 1. The molecule has 0 unspecified atom stereocenters. The number of urea groups is 1. The molecule has 2 aromatic heterocycles. The highest BCUT2D eigenvalue weighted by atomic mass is 19.4. The van der Waals surface area contributed by atoms with Gasteiger partial charge in [-0.2, -0.15) is 13.2 Å². The lowest BCUT2D eigenvalue weighted by atomic mass is 9.90. The molecule has 38 heavy (non-hydrogen) atoms. The number of nitrogens with one attached hydrogen (secondary N) is 1. The zero-order valence-electron chi connectivity index (χ0n) is 20.1. The van der Waals surface area contributed by atoms with E-state index in [-0.39, 0.29) is 30.5 Å². The number of aryl methyl sites for hydroxylation is 1. The molecule has 1 fully saturated rings. The first-order valence-corrected chi connectivity index (χ1v) is 11.6. The molecule has 1 aromatic carbocycles. The van der Waals surface area contributed by atoms with Gasteiger partial charge in [0.1, 0.15) is 28.8 Å². The fraction of sp³-hybridized carbons (Fsp3) is 0.320. The van der Waals surface area contributed by atoms with E-state index < -0.39 is 47.6 Å². The van der Waals surface area contributed by atoms with Crippen molar-refractivity contribution in [2.45, 2.75) is 31.9 Å². The fourth-order valence-corrected chi connectivity index (χ4v) is 4.04. The zero-order valence-corrected chi connectivity index (χ0v) is 20.1. The molecule has 0 bridgehead atoms. The van der Waals surface area contributed by atoms with E-state index in [0.717, 1.165) is 24.3 Å². The molecule has 3 heterocycles. The molecule has 0 saturated carbocycles. The minimum atomic E-state index is -4.66. The van der Waals surface area contributed by atoms with Crippen molar-refractivity contribution in [1.29, 1.82) is 0 Å². The molecule has 8 nitrogen and oxygen atoms in total. The maximum Gasteiger partial charge on any atom is 0.433 e. The molecule has 2 amide bonds. The van der Waals surface area contributed by atoms with Crippen molar-refractivity contribution in [2.75, 3.05) is 25.0 Å². The van der Waals surface area contributed by atoms with Crippen LogP contribution >= 0.6 is 0 Å². The van der Waals surface area contributed by atoms with Crippen molar-refractivity contribution in [3.63, 3.8) is 0 Å². The second-order valence-corrected chi connectivity index (χ2v) is 8.57. The van der Waals surface area contributed by atoms with Gasteiger partial charge in [-0.3, -0.25) is 4.79 Å². The molecule has 1 aliphatic heterocycles. The van der Waals surface area contributed by atoms with Crippen molar-refractivity contribution in [2.24, 2.45) is 0 Å². The second kappa shape index (κ2) is 11.1. The van der Waals surface area contributed by atoms with Crippen LogP contribution in [0, 0.1) is 18.6 Å². The number of nitrogens with zero attached hydrogens (tertiary/aromatic N) is 4. The van der Waals surface area contributed by atoms with Crippen LogP contribution in [0.2, 0.25) is 0 Å². The molecular weight excluding hydrogens is 513 g/mol. The van der Waals surface area contributed by atoms with E-state index in [1.807, 2.05) is 0 Å². The van der Waals surface area contributed by atoms with Gasteiger partial charge >= 0.3 is 12.2 Å². The minimum Gasteiger partial charge on any atom is -0.469 e. The highest BCUT2D eigenvalue weighted by Gasteiger charge is 2.33. The van der Waals surface area contributed by atoms with E-state index in [0.29, 0.717) is 24.4 Å². The number of para-hydroxylation sites is 1. The van der Waals surface area contributed by atoms with Gasteiger partial charge in [0.15, 0.2) is 6.61 Å². The number of ether oxygens (including phenoxy) is 1. The SMILES string of the molecule is Cc1ncc(C(=O)COc2cccc(C(F)(F)F)n2)c(C2CCN(C(=O)Nc3c(F)cccc3F)CC2)n1. The van der Waals surface area contributed by atoms with Crippen LogP contribution in [0.4, 0.5) is 32.4 Å². The van der Waals surface area contributed by atoms with Crippen LogP contribution in [0.1, 0.15) is 46.3 Å². The van der Waals surface area contributed by atoms with Crippen LogP contribution in [0.3, 0.4) is 0 Å². The molecule has 200 valence electrons. The van der Waals surface area contributed by atoms with Gasteiger partial charge in [0.25, 0.3) is 0 Å². The molecule has 13 heteroatoms. The molecule has 0 spiro atoms. The summed E-state index contributed by atoms with van der Waals surface area (Å²) in [4.78, 5) is 38.7. The third-order valence-electron chi connectivity index (χ3n) is 5.97. The fourth-order valence-electron chi connectivity index (χ4n) is 4.04. The third-order valence-corrected chi connectivity index (χ3v) is 5.97. The first-order valence-electron chi connectivity index (χ1n) is 11.6. The Bertz CT molecular complexity index is 1320. The summed E-state index contributed by atoms with van der Waals surface area (Å²) in [6.07, 6.45) is -2.51. The first-order chi connectivity index (χ1) is 18.0. The Balaban J connectivity index is 1.41. The number of hydrogen-bond donors (Lipinski definition) is 1. The number of halogens is 5. The molecule has 1 aliphatic rings. The molecule has 0 radical (unpaired) electrons. The predicted molar refractivity (Wildman–Crippen MR) is 125 cm³/mol. The number of amides is 2. The topological polar surface area (TPSA) is 97.3 Å². The van der Waals surface area contributed by atoms with E-state index in [2.05, 4.69) is 20.3 Å². The number of benzene rings is 1.